The molecule has 8 fully saturated rings. The molecule has 8 aliphatic rings. The Hall–Kier alpha value is -4.48. The lowest BCUT2D eigenvalue weighted by Crippen LogP contribution is -2.38. The van der Waals surface area contributed by atoms with Crippen molar-refractivity contribution in [2.75, 3.05) is 13.2 Å². The molecule has 26 heteroatoms. The molecule has 8 saturated heterocycles. The summed E-state index contributed by atoms with van der Waals surface area (Å²) >= 11 is 0. The maximum absolute atomic E-state index is 11.7. The molecule has 3 unspecified atom stereocenters. The van der Waals surface area contributed by atoms with E-state index in [1.807, 2.05) is 62.3 Å². The molecule has 8 aliphatic heterocycles. The van der Waals surface area contributed by atoms with Gasteiger partial charge in [0.2, 0.25) is 6.55 Å². The van der Waals surface area contributed by atoms with Gasteiger partial charge in [0, 0.05) is 45.7 Å². The van der Waals surface area contributed by atoms with Crippen LogP contribution in [0, 0.1) is 14.9 Å². The van der Waals surface area contributed by atoms with Crippen molar-refractivity contribution in [2.45, 2.75) is 232 Å². The van der Waals surface area contributed by atoms with Crippen LogP contribution in [-0.2, 0) is 104 Å². The number of esters is 4. The molecule has 74 heavy (non-hydrogen) atoms. The lowest BCUT2D eigenvalue weighted by molar-refractivity contribution is -0.158. The van der Waals surface area contributed by atoms with E-state index in [0.717, 1.165) is 44.8 Å². The van der Waals surface area contributed by atoms with Crippen LogP contribution in [-0.4, -0.2) is 134 Å². The molecule has 4 spiro atoms. The predicted molar refractivity (Wildman–Crippen MR) is 270 cm³/mol. The van der Waals surface area contributed by atoms with Crippen molar-refractivity contribution >= 4 is 74.4 Å². The van der Waals surface area contributed by atoms with E-state index in [1.54, 1.807) is 20.8 Å². The van der Waals surface area contributed by atoms with Crippen LogP contribution in [0.1, 0.15) is 147 Å². The van der Waals surface area contributed by atoms with Crippen LogP contribution in [0.5, 0.6) is 0 Å². The Morgan fingerprint density at radius 2 is 0.824 bits per heavy atom. The highest BCUT2D eigenvalue weighted by molar-refractivity contribution is 6.72. The molecule has 8 rings (SSSR count). The predicted octanol–water partition coefficient (Wildman–Crippen LogP) is 6.73. The van der Waals surface area contributed by atoms with Gasteiger partial charge < -0.3 is 65.5 Å². The Labute approximate surface area is 437 Å². The van der Waals surface area contributed by atoms with Gasteiger partial charge in [-0.1, -0.05) is 44.7 Å². The summed E-state index contributed by atoms with van der Waals surface area (Å²) in [6.07, 6.45) is 8.29. The van der Waals surface area contributed by atoms with Crippen LogP contribution in [0.4, 0.5) is 0 Å². The average molecular weight is 1050 g/mol. The number of carbonyl (C=O) groups excluding carboxylic acids is 8. The zero-order chi connectivity index (χ0) is 53.6. The molecule has 0 amide bonds. The minimum Gasteiger partial charge on any atom is -0.666 e. The third-order valence-corrected chi connectivity index (χ3v) is 12.3. The molecule has 0 aromatic carbocycles. The van der Waals surface area contributed by atoms with Crippen LogP contribution >= 0.6 is 0 Å². The number of ether oxygens (including phenoxy) is 4. The van der Waals surface area contributed by atoms with Crippen molar-refractivity contribution in [3.05, 3.63) is 14.9 Å². The normalized spacial score (nSPS) is 29.6. The second-order valence-corrected chi connectivity index (χ2v) is 23.8. The van der Waals surface area contributed by atoms with Crippen LogP contribution in [0.3, 0.4) is 0 Å². The Morgan fingerprint density at radius 1 is 0.446 bits per heavy atom. The zero-order valence-electron chi connectivity index (χ0n) is 46.3. The topological polar surface area (TPSA) is 266 Å². The molecular formula is C48H82B4O22-2. The third kappa shape index (κ3) is 20.6. The van der Waals surface area contributed by atoms with Gasteiger partial charge in [0.05, 0.1) is 25.7 Å². The lowest BCUT2D eigenvalue weighted by atomic mass is 9.54. The van der Waals surface area contributed by atoms with E-state index >= 15 is 0 Å². The zero-order valence-corrected chi connectivity index (χ0v) is 46.3. The molecule has 7 atom stereocenters. The van der Waals surface area contributed by atoms with E-state index in [1.165, 1.54) is 0 Å². The Morgan fingerprint density at radius 3 is 1.19 bits per heavy atom. The van der Waals surface area contributed by atoms with Gasteiger partial charge in [-0.2, -0.15) is 0 Å². The highest BCUT2D eigenvalue weighted by atomic mass is 16.8. The Kier molecular flexibility index (Phi) is 21.7. The number of hydrogen-bond acceptors (Lipinski definition) is 22. The summed E-state index contributed by atoms with van der Waals surface area (Å²) in [5.74, 6) is -3.83. The largest absolute Gasteiger partial charge is 0.666 e. The van der Waals surface area contributed by atoms with E-state index < -0.39 is 79.0 Å². The maximum atomic E-state index is 11.7. The SMILES string of the molecule is CC(C)(C)OC(=O)C[C@@H]1CC[B-]2(CCC(=O)O2)O1.CC(C)(C)OC(=O)C[C@@H]1CC[B-]2(CCCO2)O1.CC(C)(C)OC(=O)C[C@@H]1CC[B-]2(OC(=O)C(=O)O2)O1.CC(C)(C)OC(=O)C[C@@H]1CC[B-]2(OCC(=O)O2)O1.[CH3+].[CH3+]. The number of hydrogen-bond donors (Lipinski definition) is 0. The standard InChI is InChI=1S/C12H20BO5.C12H22BO4.C11H16BO7.C11H18BO6.2CH3/c1-12(2,3)16-11(15)8-9-4-6-13(17-9)7-5-10(14)18-13;1-12(2,3)16-11(14)9-10-5-7-13(17-10)6-4-8-15-13;1-11(2,3)16-8(13)6-7-4-5-12(17-7)18-9(14)10(15)19-12;1-11(2,3)16-9(13)6-8-4-5-12(17-8)15-7-10(14)18-12;;/h9H,4-8H2,1-3H3;10H,4-9H2,1-3H3;7H,4-6H2,1-3H3;8H,4-7H2,1-3H3;2*1H3/q4*-1;2*+1/t9-,13?;10-,13?;7-;8-,12?;;/m0000../s1. The molecule has 420 valence electrons. The van der Waals surface area contributed by atoms with E-state index in [9.17, 15) is 38.4 Å². The van der Waals surface area contributed by atoms with E-state index in [4.69, 9.17) is 65.5 Å². The van der Waals surface area contributed by atoms with Crippen LogP contribution in [0.15, 0.2) is 0 Å². The summed E-state index contributed by atoms with van der Waals surface area (Å²) in [7, 11) is 0. The van der Waals surface area contributed by atoms with Gasteiger partial charge in [0.1, 0.15) is 29.0 Å². The van der Waals surface area contributed by atoms with E-state index in [-0.39, 0.29) is 89.2 Å². The Balaban J connectivity index is 0.000000258. The third-order valence-electron chi connectivity index (χ3n) is 12.3. The van der Waals surface area contributed by atoms with Crippen LogP contribution in [0.2, 0.25) is 37.9 Å². The molecule has 22 nitrogen and oxygen atoms in total. The highest BCUT2D eigenvalue weighted by Crippen LogP contribution is 2.40. The van der Waals surface area contributed by atoms with Gasteiger partial charge in [0.25, 0.3) is 18.5 Å². The summed E-state index contributed by atoms with van der Waals surface area (Å²) < 4.78 is 74.5. The van der Waals surface area contributed by atoms with Gasteiger partial charge in [-0.15, -0.1) is 25.3 Å². The van der Waals surface area contributed by atoms with E-state index in [0.29, 0.717) is 38.3 Å². The minimum atomic E-state index is -2.34. The van der Waals surface area contributed by atoms with Gasteiger partial charge in [0.15, 0.2) is 0 Å². The molecule has 0 aliphatic carbocycles. The number of carbonyl (C=O) groups is 8. The lowest BCUT2D eigenvalue weighted by Gasteiger charge is -2.31. The minimum absolute atomic E-state index is 0. The molecule has 8 heterocycles. The van der Waals surface area contributed by atoms with Crippen molar-refractivity contribution in [1.29, 1.82) is 0 Å². The van der Waals surface area contributed by atoms with Gasteiger partial charge in [-0.05, 0) is 89.7 Å². The molecule has 0 aromatic rings. The van der Waals surface area contributed by atoms with Crippen molar-refractivity contribution in [3.8, 4) is 0 Å². The molecule has 0 aromatic heterocycles. The summed E-state index contributed by atoms with van der Waals surface area (Å²) in [5, 5.41) is 0. The first-order valence-electron chi connectivity index (χ1n) is 25.5. The molecule has 0 radical (unpaired) electrons. The first-order chi connectivity index (χ1) is 33.1. The van der Waals surface area contributed by atoms with Crippen molar-refractivity contribution in [2.24, 2.45) is 0 Å². The first kappa shape index (κ1) is 63.8. The van der Waals surface area contributed by atoms with Crippen molar-refractivity contribution < 1.29 is 104 Å². The quantitative estimate of drug-likeness (QED) is 0.0801. The van der Waals surface area contributed by atoms with Crippen molar-refractivity contribution in [1.82, 2.24) is 0 Å². The maximum Gasteiger partial charge on any atom is 0.496 e. The van der Waals surface area contributed by atoms with Gasteiger partial charge in [-0.3, -0.25) is 28.8 Å². The summed E-state index contributed by atoms with van der Waals surface area (Å²) in [5.41, 5.74) is -1.96. The molecule has 0 N–H and O–H groups in total. The smallest absolute Gasteiger partial charge is 0.496 e. The second kappa shape index (κ2) is 25.1. The van der Waals surface area contributed by atoms with Crippen molar-refractivity contribution in [3.63, 3.8) is 0 Å². The fraction of sp³-hybridized carbons (Fsp3) is 0.792. The molecule has 0 saturated carbocycles. The van der Waals surface area contributed by atoms with Gasteiger partial charge >= 0.3 is 49.3 Å². The molecular weight excluding hydrogens is 972 g/mol. The first-order valence-corrected chi connectivity index (χ1v) is 25.5. The highest BCUT2D eigenvalue weighted by Gasteiger charge is 2.51. The summed E-state index contributed by atoms with van der Waals surface area (Å²) in [4.78, 5) is 90.8. The van der Waals surface area contributed by atoms with Crippen LogP contribution in [0.25, 0.3) is 0 Å². The summed E-state index contributed by atoms with van der Waals surface area (Å²) in [6, 6.07) is 0. The van der Waals surface area contributed by atoms with Crippen LogP contribution < -0.4 is 0 Å². The second-order valence-electron chi connectivity index (χ2n) is 23.8. The fourth-order valence-corrected chi connectivity index (χ4v) is 9.77. The van der Waals surface area contributed by atoms with E-state index in [2.05, 4.69) is 0 Å². The number of rotatable bonds is 8. The Bertz CT molecular complexity index is 1920. The summed E-state index contributed by atoms with van der Waals surface area (Å²) in [6.45, 7) is 15.9. The monoisotopic (exact) mass is 1050 g/mol. The fourth-order valence-electron chi connectivity index (χ4n) is 9.77. The van der Waals surface area contributed by atoms with Gasteiger partial charge in [-0.25, -0.2) is 9.59 Å². The average Bonchev–Trinajstić information content (AvgIpc) is 4.09. The molecule has 0 bridgehead atoms.